The first kappa shape index (κ1) is 74.7. The SMILES string of the molecule is CC(=O)O.CN=C(N)NCCC[C@H](CC(=O)[C@H](CC(C)C)NC(=O)NCC(=O)[C@H](Cc1ccccc1)NC(=O)[C@@H](CC(=O)[C@H](CC(N)=O)NC(=O)[C@@H]1C[C@@H](O)CN1C(=O)[C@@H](Cc1ccc(O)cc1)NC(C)=O)[C@@H](C)O)C(=O)N[C@@H](Cc1c[nH]c2ccccc12)C(N)=O. The first-order chi connectivity index (χ1) is 43.5. The number of primary amides is 2. The number of phenols is 1. The molecule has 1 aliphatic heterocycles. The quantitative estimate of drug-likeness (QED) is 0.0158. The number of hydrogen-bond donors (Lipinski definition) is 15. The summed E-state index contributed by atoms with van der Waals surface area (Å²) in [6.45, 7) is 6.34. The van der Waals surface area contributed by atoms with Crippen LogP contribution < -0.4 is 54.4 Å². The number of hydrogen-bond acceptors (Lipinski definition) is 16. The number of β-amino-alcohol motifs (C(OH)–C–C–N with tert-alkyl or cyclic N) is 1. The van der Waals surface area contributed by atoms with E-state index in [1.54, 1.807) is 36.5 Å². The smallest absolute Gasteiger partial charge is 0.315 e. The van der Waals surface area contributed by atoms with Gasteiger partial charge in [0.05, 0.1) is 49.2 Å². The molecule has 0 saturated carbocycles. The minimum Gasteiger partial charge on any atom is -0.508 e. The minimum absolute atomic E-state index is 0.0400. The van der Waals surface area contributed by atoms with E-state index >= 15 is 0 Å². The molecular formula is C63H87N13O16. The maximum atomic E-state index is 14.3. The number of aliphatic hydroxyl groups is 2. The molecule has 0 bridgehead atoms. The Morgan fingerprint density at radius 1 is 0.685 bits per heavy atom. The largest absolute Gasteiger partial charge is 0.508 e. The third kappa shape index (κ3) is 24.9. The van der Waals surface area contributed by atoms with Gasteiger partial charge < -0.3 is 84.7 Å². The molecule has 1 fully saturated rings. The Hall–Kier alpha value is -9.77. The summed E-state index contributed by atoms with van der Waals surface area (Å²) in [4.78, 5) is 167. The predicted molar refractivity (Wildman–Crippen MR) is 337 cm³/mol. The van der Waals surface area contributed by atoms with Gasteiger partial charge in [0.25, 0.3) is 5.97 Å². The molecule has 5 rings (SSSR count). The molecule has 9 amide bonds. The number of nitrogens with one attached hydrogen (secondary N) is 8. The van der Waals surface area contributed by atoms with Crippen LogP contribution in [0.2, 0.25) is 0 Å². The monoisotopic (exact) mass is 1280 g/mol. The number of rotatable bonds is 34. The Bertz CT molecular complexity index is 3240. The summed E-state index contributed by atoms with van der Waals surface area (Å²) in [7, 11) is 1.50. The number of amides is 9. The lowest BCUT2D eigenvalue weighted by Crippen LogP contribution is -2.56. The second kappa shape index (κ2) is 36.8. The van der Waals surface area contributed by atoms with Crippen LogP contribution in [-0.4, -0.2) is 182 Å². The number of carboxylic acid groups (broad SMARTS) is 1. The highest BCUT2D eigenvalue weighted by atomic mass is 16.4. The fourth-order valence-electron chi connectivity index (χ4n) is 10.4. The van der Waals surface area contributed by atoms with Crippen LogP contribution in [0.25, 0.3) is 10.9 Å². The number of Topliss-reactive ketones (excluding diaryl/α,β-unsaturated/α-hetero) is 3. The third-order valence-electron chi connectivity index (χ3n) is 15.0. The van der Waals surface area contributed by atoms with Crippen LogP contribution in [0.15, 0.2) is 90.1 Å². The van der Waals surface area contributed by atoms with Crippen molar-refractivity contribution in [2.45, 2.75) is 147 Å². The highest BCUT2D eigenvalue weighted by molar-refractivity contribution is 6.00. The number of aromatic nitrogens is 1. The van der Waals surface area contributed by atoms with Crippen LogP contribution in [0, 0.1) is 17.8 Å². The third-order valence-corrected chi connectivity index (χ3v) is 15.0. The number of guanidine groups is 1. The number of benzene rings is 3. The van der Waals surface area contributed by atoms with Gasteiger partial charge in [0, 0.05) is 89.1 Å². The molecule has 4 aromatic rings. The summed E-state index contributed by atoms with van der Waals surface area (Å²) in [6.07, 6.45) is -2.90. The summed E-state index contributed by atoms with van der Waals surface area (Å²) in [6, 6.07) is 12.7. The second-order valence-corrected chi connectivity index (χ2v) is 23.1. The molecule has 1 aliphatic rings. The van der Waals surface area contributed by atoms with Crippen molar-refractivity contribution in [1.29, 1.82) is 0 Å². The lowest BCUT2D eigenvalue weighted by Gasteiger charge is -2.30. The molecule has 10 atom stereocenters. The number of carbonyl (C=O) groups excluding carboxylic acids is 11. The topological polar surface area (TPSA) is 479 Å². The van der Waals surface area contributed by atoms with Crippen molar-refractivity contribution in [2.75, 3.05) is 26.7 Å². The van der Waals surface area contributed by atoms with Gasteiger partial charge in [0.2, 0.25) is 41.4 Å². The molecule has 500 valence electrons. The average Bonchev–Trinajstić information content (AvgIpc) is 2.76. The maximum Gasteiger partial charge on any atom is 0.315 e. The number of fused-ring (bicyclic) bond motifs is 1. The zero-order valence-electron chi connectivity index (χ0n) is 52.4. The summed E-state index contributed by atoms with van der Waals surface area (Å²) in [5, 5.41) is 58.0. The zero-order valence-corrected chi connectivity index (χ0v) is 52.4. The number of carboxylic acids is 1. The molecule has 0 radical (unpaired) electrons. The van der Waals surface area contributed by atoms with E-state index in [0.717, 1.165) is 28.3 Å². The van der Waals surface area contributed by atoms with Crippen molar-refractivity contribution in [3.63, 3.8) is 0 Å². The van der Waals surface area contributed by atoms with E-state index in [2.05, 4.69) is 47.2 Å². The fraction of sp³-hybridized carbons (Fsp3) is 0.476. The first-order valence-electron chi connectivity index (χ1n) is 30.0. The molecule has 2 heterocycles. The normalized spacial score (nSPS) is 16.3. The predicted octanol–water partition coefficient (Wildman–Crippen LogP) is -0.597. The van der Waals surface area contributed by atoms with E-state index in [4.69, 9.17) is 27.1 Å². The number of aliphatic carboxylic acids is 1. The molecule has 18 N–H and O–H groups in total. The van der Waals surface area contributed by atoms with Crippen LogP contribution in [0.3, 0.4) is 0 Å². The molecule has 3 aromatic carbocycles. The van der Waals surface area contributed by atoms with Gasteiger partial charge in [-0.15, -0.1) is 0 Å². The number of H-pyrrole nitrogens is 1. The van der Waals surface area contributed by atoms with Gasteiger partial charge in [-0.25, -0.2) is 4.79 Å². The lowest BCUT2D eigenvalue weighted by atomic mass is 9.90. The lowest BCUT2D eigenvalue weighted by molar-refractivity contribution is -0.142. The second-order valence-electron chi connectivity index (χ2n) is 23.1. The molecule has 0 aliphatic carbocycles. The van der Waals surface area contributed by atoms with Crippen LogP contribution in [0.4, 0.5) is 4.79 Å². The van der Waals surface area contributed by atoms with Crippen molar-refractivity contribution in [1.82, 2.24) is 47.1 Å². The number of para-hydroxylation sites is 1. The Labute approximate surface area is 532 Å². The number of aromatic hydroxyl groups is 1. The summed E-state index contributed by atoms with van der Waals surface area (Å²) >= 11 is 0. The molecule has 1 aromatic heterocycles. The van der Waals surface area contributed by atoms with Crippen LogP contribution in [0.1, 0.15) is 96.3 Å². The fourth-order valence-corrected chi connectivity index (χ4v) is 10.4. The number of carbonyl (C=O) groups is 12. The van der Waals surface area contributed by atoms with E-state index < -0.39 is 150 Å². The zero-order chi connectivity index (χ0) is 68.4. The highest BCUT2D eigenvalue weighted by Gasteiger charge is 2.43. The number of nitrogens with zero attached hydrogens (tertiary/aromatic N) is 2. The minimum atomic E-state index is -1.71. The molecular weight excluding hydrogens is 1190 g/mol. The number of aromatic amines is 1. The first-order valence-corrected chi connectivity index (χ1v) is 30.0. The van der Waals surface area contributed by atoms with Gasteiger partial charge in [-0.2, -0.15) is 0 Å². The Morgan fingerprint density at radius 3 is 1.90 bits per heavy atom. The Kier molecular flexibility index (Phi) is 29.9. The van der Waals surface area contributed by atoms with Crippen LogP contribution in [0.5, 0.6) is 5.75 Å². The van der Waals surface area contributed by atoms with Gasteiger partial charge in [0.1, 0.15) is 23.9 Å². The van der Waals surface area contributed by atoms with Crippen molar-refractivity contribution in [2.24, 2.45) is 39.9 Å². The van der Waals surface area contributed by atoms with Crippen molar-refractivity contribution >= 4 is 87.6 Å². The van der Waals surface area contributed by atoms with Crippen LogP contribution in [-0.2, 0) is 72.0 Å². The molecule has 29 heteroatoms. The number of likely N-dealkylation sites (tertiary alicyclic amines) is 1. The number of phenolic OH excluding ortho intramolecular Hbond substituents is 1. The van der Waals surface area contributed by atoms with E-state index in [1.807, 2.05) is 38.1 Å². The van der Waals surface area contributed by atoms with Gasteiger partial charge in [-0.3, -0.25) is 57.7 Å². The number of nitrogens with two attached hydrogens (primary N) is 3. The molecule has 29 nitrogen and oxygen atoms in total. The molecule has 0 unspecified atom stereocenters. The van der Waals surface area contributed by atoms with Crippen LogP contribution >= 0.6 is 0 Å². The summed E-state index contributed by atoms with van der Waals surface area (Å²) in [5.41, 5.74) is 19.8. The number of urea groups is 1. The van der Waals surface area contributed by atoms with Crippen molar-refractivity contribution in [3.05, 3.63) is 102 Å². The molecule has 92 heavy (non-hydrogen) atoms. The summed E-state index contributed by atoms with van der Waals surface area (Å²) in [5.74, 6) is -11.5. The number of aliphatic imine (C=N–C) groups is 1. The van der Waals surface area contributed by atoms with Crippen molar-refractivity contribution < 1.29 is 78.0 Å². The van der Waals surface area contributed by atoms with Gasteiger partial charge in [-0.05, 0) is 73.4 Å². The Morgan fingerprint density at radius 2 is 1.29 bits per heavy atom. The van der Waals surface area contributed by atoms with Crippen molar-refractivity contribution in [3.8, 4) is 5.75 Å². The van der Waals surface area contributed by atoms with E-state index in [-0.39, 0.29) is 75.7 Å². The average molecular weight is 1280 g/mol. The van der Waals surface area contributed by atoms with E-state index in [0.29, 0.717) is 17.5 Å². The molecule has 1 saturated heterocycles. The van der Waals surface area contributed by atoms with Gasteiger partial charge in [-0.1, -0.05) is 74.5 Å². The number of aliphatic hydroxyl groups excluding tert-OH is 2. The standard InChI is InChI=1S/C61H83N13O14.C2H4O2/c1-33(2)22-45(51(79)26-38(14-11-21-66-60(64)65-5)56(84)72-48(55(63)83)25-39-30-67-44-16-10-9-15-42(39)44)73-61(88)68-31-53(81)46(23-36-12-7-6-8-13-36)70-57(85)43(34(3)75)28-52(80)47(29-54(62)82)71-58(86)50-27-41(78)32-74(50)59(87)49(69-35(4)76)24-37-17-19-40(77)20-18-37;1-2(3)4/h6-10,12-13,15-20,30,33-34,38,41,43,45-50,67,75,77-78H,11,14,21-29,31-32H2,1-5H3,(H2,62,82)(H2,63,83)(H,69,76)(H,70,85)(H,71,86)(H,72,84)(H3,64,65,66)(H2,68,73,88);1H3,(H,3,4)/t34-,38-,41-,43+,45+,46+,47+,48+,49-,50+;/m1./s1. The van der Waals surface area contributed by atoms with E-state index in [1.165, 1.54) is 45.2 Å². The Balaban J connectivity index is 0.00000438. The maximum absolute atomic E-state index is 14.3. The highest BCUT2D eigenvalue weighted by Crippen LogP contribution is 2.24. The van der Waals surface area contributed by atoms with Gasteiger partial charge >= 0.3 is 6.03 Å². The van der Waals surface area contributed by atoms with E-state index in [9.17, 15) is 68.1 Å². The van der Waals surface area contributed by atoms with Gasteiger partial charge in [0.15, 0.2) is 23.3 Å². The number of ketones is 3. The molecule has 0 spiro atoms. The summed E-state index contributed by atoms with van der Waals surface area (Å²) < 4.78 is 0.